The molecule has 2 aromatic heterocycles. The normalized spacial score (nSPS) is 18.0. The molecular formula is C16H20N4S. The number of hydrogen-bond acceptors (Lipinski definition) is 4. The van der Waals surface area contributed by atoms with E-state index in [1.807, 2.05) is 42.0 Å². The first-order valence-corrected chi connectivity index (χ1v) is 8.29. The van der Waals surface area contributed by atoms with Crippen molar-refractivity contribution in [3.05, 3.63) is 47.5 Å². The number of pyridine rings is 1. The minimum Gasteiger partial charge on any atom is -0.279 e. The van der Waals surface area contributed by atoms with E-state index in [4.69, 9.17) is 0 Å². The molecule has 3 heterocycles. The van der Waals surface area contributed by atoms with Crippen LogP contribution in [-0.2, 0) is 19.9 Å². The Balaban J connectivity index is 1.55. The first-order chi connectivity index (χ1) is 10.2. The molecule has 0 N–H and O–H groups in total. The molecule has 0 bridgehead atoms. The molecule has 0 radical (unpaired) electrons. The Morgan fingerprint density at radius 1 is 1.24 bits per heavy atom. The molecule has 1 atom stereocenters. The zero-order valence-electron chi connectivity index (χ0n) is 12.5. The second-order valence-electron chi connectivity index (χ2n) is 5.50. The van der Waals surface area contributed by atoms with Gasteiger partial charge in [-0.1, -0.05) is 6.07 Å². The summed E-state index contributed by atoms with van der Waals surface area (Å²) >= 11 is 1.90. The first kappa shape index (κ1) is 14.3. The van der Waals surface area contributed by atoms with E-state index < -0.39 is 0 Å². The second kappa shape index (κ2) is 6.43. The monoisotopic (exact) mass is 300 g/mol. The molecular weight excluding hydrogens is 280 g/mol. The van der Waals surface area contributed by atoms with Crippen molar-refractivity contribution in [2.75, 3.05) is 5.75 Å². The molecule has 1 aliphatic rings. The first-order valence-electron chi connectivity index (χ1n) is 7.31. The van der Waals surface area contributed by atoms with Crippen LogP contribution in [0.25, 0.3) is 0 Å². The number of aryl methyl sites for hydroxylation is 2. The molecule has 110 valence electrons. The van der Waals surface area contributed by atoms with Gasteiger partial charge in [-0.2, -0.15) is 5.10 Å². The van der Waals surface area contributed by atoms with Gasteiger partial charge in [-0.05, 0) is 37.5 Å². The molecule has 1 unspecified atom stereocenters. The molecule has 0 spiro atoms. The zero-order valence-corrected chi connectivity index (χ0v) is 13.3. The average molecular weight is 300 g/mol. The Bertz CT molecular complexity index is 630. The number of nitrogens with zero attached hydrogens (tertiary/aromatic N) is 4. The molecule has 0 saturated heterocycles. The minimum absolute atomic E-state index is 0.490. The van der Waals surface area contributed by atoms with Crippen LogP contribution in [-0.4, -0.2) is 31.6 Å². The molecule has 0 fully saturated rings. The lowest BCUT2D eigenvalue weighted by Gasteiger charge is -2.03. The smallest absolute Gasteiger partial charge is 0.0683 e. The van der Waals surface area contributed by atoms with Crippen molar-refractivity contribution in [1.82, 2.24) is 14.8 Å². The van der Waals surface area contributed by atoms with Gasteiger partial charge in [0.1, 0.15) is 0 Å². The van der Waals surface area contributed by atoms with E-state index in [9.17, 15) is 0 Å². The van der Waals surface area contributed by atoms with Gasteiger partial charge in [0.05, 0.1) is 16.8 Å². The molecule has 21 heavy (non-hydrogen) atoms. The Kier molecular flexibility index (Phi) is 4.39. The molecule has 3 rings (SSSR count). The lowest BCUT2D eigenvalue weighted by molar-refractivity contribution is 0.747. The number of aliphatic imine (C=N–C) groups is 1. The van der Waals surface area contributed by atoms with Crippen molar-refractivity contribution < 1.29 is 0 Å². The SMILES string of the molecule is CC1CSC(CCc2ccc(Cc3ccn(C)n3)nc2)=N1. The van der Waals surface area contributed by atoms with E-state index in [-0.39, 0.29) is 0 Å². The minimum atomic E-state index is 0.490. The van der Waals surface area contributed by atoms with Gasteiger partial charge in [-0.25, -0.2) is 0 Å². The maximum atomic E-state index is 4.63. The van der Waals surface area contributed by atoms with Crippen LogP contribution in [0.5, 0.6) is 0 Å². The molecule has 0 aromatic carbocycles. The van der Waals surface area contributed by atoms with Crippen molar-refractivity contribution in [3.8, 4) is 0 Å². The van der Waals surface area contributed by atoms with Crippen LogP contribution in [0.15, 0.2) is 35.6 Å². The van der Waals surface area contributed by atoms with E-state index in [2.05, 4.69) is 34.1 Å². The largest absolute Gasteiger partial charge is 0.279 e. The highest BCUT2D eigenvalue weighted by Crippen LogP contribution is 2.21. The summed E-state index contributed by atoms with van der Waals surface area (Å²) in [5.74, 6) is 1.14. The summed E-state index contributed by atoms with van der Waals surface area (Å²) in [6.45, 7) is 2.17. The summed E-state index contributed by atoms with van der Waals surface area (Å²) in [5.41, 5.74) is 3.41. The van der Waals surface area contributed by atoms with Gasteiger partial charge in [0.25, 0.3) is 0 Å². The van der Waals surface area contributed by atoms with Crippen molar-refractivity contribution in [3.63, 3.8) is 0 Å². The highest BCUT2D eigenvalue weighted by molar-refractivity contribution is 8.14. The van der Waals surface area contributed by atoms with E-state index in [1.165, 1.54) is 10.6 Å². The molecule has 4 nitrogen and oxygen atoms in total. The third-order valence-corrected chi connectivity index (χ3v) is 4.79. The fraction of sp³-hybridized carbons (Fsp3) is 0.438. The number of thioether (sulfide) groups is 1. The van der Waals surface area contributed by atoms with Crippen LogP contribution in [0.3, 0.4) is 0 Å². The summed E-state index contributed by atoms with van der Waals surface area (Å²) in [6.07, 6.45) is 6.81. The van der Waals surface area contributed by atoms with Crippen LogP contribution in [0.4, 0.5) is 0 Å². The molecule has 2 aromatic rings. The fourth-order valence-corrected chi connectivity index (χ4v) is 3.38. The topological polar surface area (TPSA) is 43.1 Å². The van der Waals surface area contributed by atoms with Crippen molar-refractivity contribution >= 4 is 16.8 Å². The van der Waals surface area contributed by atoms with Crippen molar-refractivity contribution in [2.45, 2.75) is 32.2 Å². The van der Waals surface area contributed by atoms with Gasteiger partial charge < -0.3 is 0 Å². The molecule has 0 saturated carbocycles. The van der Waals surface area contributed by atoms with Gasteiger partial charge in [-0.15, -0.1) is 11.8 Å². The summed E-state index contributed by atoms with van der Waals surface area (Å²) in [7, 11) is 1.94. The van der Waals surface area contributed by atoms with E-state index in [0.717, 1.165) is 36.4 Å². The van der Waals surface area contributed by atoms with Gasteiger partial charge in [0.15, 0.2) is 0 Å². The van der Waals surface area contributed by atoms with Crippen LogP contribution < -0.4 is 0 Å². The van der Waals surface area contributed by atoms with Crippen molar-refractivity contribution in [2.24, 2.45) is 12.0 Å². The van der Waals surface area contributed by atoms with E-state index in [1.54, 1.807) is 0 Å². The fourth-order valence-electron chi connectivity index (χ4n) is 2.38. The zero-order chi connectivity index (χ0) is 14.7. The maximum Gasteiger partial charge on any atom is 0.0683 e. The van der Waals surface area contributed by atoms with Crippen molar-refractivity contribution in [1.29, 1.82) is 0 Å². The Morgan fingerprint density at radius 3 is 2.76 bits per heavy atom. The third kappa shape index (κ3) is 3.94. The lowest BCUT2D eigenvalue weighted by atomic mass is 10.1. The highest BCUT2D eigenvalue weighted by atomic mass is 32.2. The Morgan fingerprint density at radius 2 is 2.14 bits per heavy atom. The summed E-state index contributed by atoms with van der Waals surface area (Å²) in [4.78, 5) is 9.18. The predicted octanol–water partition coefficient (Wildman–Crippen LogP) is 2.87. The average Bonchev–Trinajstić information content (AvgIpc) is 3.07. The summed E-state index contributed by atoms with van der Waals surface area (Å²) < 4.78 is 1.82. The van der Waals surface area contributed by atoms with Gasteiger partial charge in [0.2, 0.25) is 0 Å². The third-order valence-electron chi connectivity index (χ3n) is 3.50. The van der Waals surface area contributed by atoms with E-state index in [0.29, 0.717) is 6.04 Å². The molecule has 1 aliphatic heterocycles. The van der Waals surface area contributed by atoms with Gasteiger partial charge in [0, 0.05) is 37.3 Å². The predicted molar refractivity (Wildman–Crippen MR) is 87.9 cm³/mol. The highest BCUT2D eigenvalue weighted by Gasteiger charge is 2.13. The van der Waals surface area contributed by atoms with Crippen LogP contribution in [0.2, 0.25) is 0 Å². The van der Waals surface area contributed by atoms with E-state index >= 15 is 0 Å². The molecule has 5 heteroatoms. The molecule has 0 amide bonds. The Labute approximate surface area is 129 Å². The van der Waals surface area contributed by atoms with Gasteiger partial charge in [-0.3, -0.25) is 14.7 Å². The van der Waals surface area contributed by atoms with Crippen LogP contribution in [0, 0.1) is 0 Å². The van der Waals surface area contributed by atoms with Crippen LogP contribution in [0.1, 0.15) is 30.3 Å². The maximum absolute atomic E-state index is 4.63. The standard InChI is InChI=1S/C16H20N4S/c1-12-11-21-16(18-12)6-4-13-3-5-14(17-10-13)9-15-7-8-20(2)19-15/h3,5,7-8,10,12H,4,6,9,11H2,1-2H3. The summed E-state index contributed by atoms with van der Waals surface area (Å²) in [5, 5.41) is 5.67. The number of rotatable bonds is 5. The van der Waals surface area contributed by atoms with Gasteiger partial charge >= 0.3 is 0 Å². The van der Waals surface area contributed by atoms with Crippen LogP contribution >= 0.6 is 11.8 Å². The quantitative estimate of drug-likeness (QED) is 0.853. The summed E-state index contributed by atoms with van der Waals surface area (Å²) in [6, 6.07) is 6.81. The number of hydrogen-bond donors (Lipinski definition) is 0. The molecule has 0 aliphatic carbocycles. The lowest BCUT2D eigenvalue weighted by Crippen LogP contribution is -1.98. The Hall–Kier alpha value is -1.62. The second-order valence-corrected chi connectivity index (χ2v) is 6.59. The number of aromatic nitrogens is 3.